The van der Waals surface area contributed by atoms with Crippen LogP contribution < -0.4 is 10.4 Å². The van der Waals surface area contributed by atoms with Gasteiger partial charge in [-0.1, -0.05) is 30.3 Å². The standard InChI is InChI=1S/C19H16N2O6S/c1-20-18(23)16-17(22)14-10-13(28(2,25)26)8-9-15(14)21(19(16)24)27-11-12-6-4-3-5-7-12/h3-10,22H,1,11H2,2H3. The van der Waals surface area contributed by atoms with Crippen molar-refractivity contribution in [3.63, 3.8) is 0 Å². The first-order chi connectivity index (χ1) is 13.2. The molecule has 0 aliphatic rings. The molecule has 2 aromatic carbocycles. The fourth-order valence-electron chi connectivity index (χ4n) is 2.67. The van der Waals surface area contributed by atoms with Crippen molar-refractivity contribution in [1.82, 2.24) is 4.73 Å². The Labute approximate surface area is 160 Å². The first-order valence-corrected chi connectivity index (χ1v) is 9.93. The molecule has 0 aliphatic heterocycles. The number of hydrogen-bond donors (Lipinski definition) is 1. The van der Waals surface area contributed by atoms with Crippen LogP contribution in [0.5, 0.6) is 5.75 Å². The third-order valence-electron chi connectivity index (χ3n) is 4.07. The summed E-state index contributed by atoms with van der Waals surface area (Å²) < 4.78 is 24.5. The first kappa shape index (κ1) is 19.3. The van der Waals surface area contributed by atoms with Crippen molar-refractivity contribution >= 4 is 33.4 Å². The second kappa shape index (κ2) is 7.28. The third kappa shape index (κ3) is 3.52. The molecule has 28 heavy (non-hydrogen) atoms. The number of sulfone groups is 1. The molecular weight excluding hydrogens is 384 g/mol. The van der Waals surface area contributed by atoms with E-state index in [1.54, 1.807) is 24.3 Å². The van der Waals surface area contributed by atoms with Crippen LogP contribution in [0, 0.1) is 0 Å². The monoisotopic (exact) mass is 400 g/mol. The van der Waals surface area contributed by atoms with E-state index in [1.165, 1.54) is 18.2 Å². The predicted molar refractivity (Wildman–Crippen MR) is 104 cm³/mol. The van der Waals surface area contributed by atoms with Gasteiger partial charge in [-0.25, -0.2) is 13.4 Å². The van der Waals surface area contributed by atoms with E-state index >= 15 is 0 Å². The zero-order valence-electron chi connectivity index (χ0n) is 14.8. The number of aliphatic imine (C=N–C) groups is 1. The number of nitrogens with zero attached hydrogens (tertiary/aromatic N) is 2. The van der Waals surface area contributed by atoms with Gasteiger partial charge in [0.1, 0.15) is 12.4 Å². The maximum absolute atomic E-state index is 12.8. The predicted octanol–water partition coefficient (Wildman–Crippen LogP) is 1.58. The minimum atomic E-state index is -3.59. The highest BCUT2D eigenvalue weighted by Gasteiger charge is 2.23. The highest BCUT2D eigenvalue weighted by atomic mass is 32.2. The molecule has 3 aromatic rings. The topological polar surface area (TPSA) is 115 Å². The zero-order valence-corrected chi connectivity index (χ0v) is 15.6. The molecule has 144 valence electrons. The van der Waals surface area contributed by atoms with Crippen LogP contribution >= 0.6 is 0 Å². The number of fused-ring (bicyclic) bond motifs is 1. The molecule has 0 atom stereocenters. The van der Waals surface area contributed by atoms with Gasteiger partial charge in [-0.05, 0) is 30.5 Å². The van der Waals surface area contributed by atoms with Gasteiger partial charge < -0.3 is 9.94 Å². The van der Waals surface area contributed by atoms with Crippen molar-refractivity contribution in [2.24, 2.45) is 4.99 Å². The maximum Gasteiger partial charge on any atom is 0.300 e. The number of rotatable bonds is 5. The molecule has 0 bridgehead atoms. The van der Waals surface area contributed by atoms with Crippen LogP contribution in [0.25, 0.3) is 10.9 Å². The molecule has 9 heteroatoms. The van der Waals surface area contributed by atoms with Crippen molar-refractivity contribution in [2.75, 3.05) is 6.26 Å². The lowest BCUT2D eigenvalue weighted by Gasteiger charge is -2.15. The van der Waals surface area contributed by atoms with Gasteiger partial charge in [0.2, 0.25) is 0 Å². The molecule has 1 amide bonds. The Kier molecular flexibility index (Phi) is 5.02. The molecule has 3 rings (SSSR count). The molecule has 1 N–H and O–H groups in total. The third-order valence-corrected chi connectivity index (χ3v) is 5.18. The van der Waals surface area contributed by atoms with Crippen LogP contribution in [0.2, 0.25) is 0 Å². The molecular formula is C19H16N2O6S. The van der Waals surface area contributed by atoms with Crippen LogP contribution in [0.1, 0.15) is 15.9 Å². The second-order valence-electron chi connectivity index (χ2n) is 6.00. The van der Waals surface area contributed by atoms with Gasteiger partial charge in [-0.2, -0.15) is 0 Å². The zero-order chi connectivity index (χ0) is 20.5. The summed E-state index contributed by atoms with van der Waals surface area (Å²) in [7, 11) is -3.59. The van der Waals surface area contributed by atoms with E-state index in [9.17, 15) is 23.1 Å². The van der Waals surface area contributed by atoms with E-state index in [4.69, 9.17) is 4.84 Å². The average Bonchev–Trinajstić information content (AvgIpc) is 2.67. The Morgan fingerprint density at radius 2 is 1.89 bits per heavy atom. The first-order valence-electron chi connectivity index (χ1n) is 8.04. The second-order valence-corrected chi connectivity index (χ2v) is 8.01. The van der Waals surface area contributed by atoms with Crippen molar-refractivity contribution in [2.45, 2.75) is 11.5 Å². The van der Waals surface area contributed by atoms with Gasteiger partial charge in [0.25, 0.3) is 11.5 Å². The summed E-state index contributed by atoms with van der Waals surface area (Å²) in [5, 5.41) is 10.4. The van der Waals surface area contributed by atoms with Gasteiger partial charge in [0, 0.05) is 11.6 Å². The molecule has 1 heterocycles. The normalized spacial score (nSPS) is 11.3. The molecule has 0 aliphatic carbocycles. The number of carbonyl (C=O) groups excluding carboxylic acids is 1. The summed E-state index contributed by atoms with van der Waals surface area (Å²) in [4.78, 5) is 33.5. The van der Waals surface area contributed by atoms with Gasteiger partial charge in [0.15, 0.2) is 15.4 Å². The van der Waals surface area contributed by atoms with E-state index in [1.807, 2.05) is 6.07 Å². The van der Waals surface area contributed by atoms with Crippen molar-refractivity contribution in [3.8, 4) is 5.75 Å². The highest BCUT2D eigenvalue weighted by Crippen LogP contribution is 2.29. The molecule has 0 saturated heterocycles. The summed E-state index contributed by atoms with van der Waals surface area (Å²) in [6, 6.07) is 12.8. The minimum Gasteiger partial charge on any atom is -0.506 e. The highest BCUT2D eigenvalue weighted by molar-refractivity contribution is 7.90. The van der Waals surface area contributed by atoms with Crippen molar-refractivity contribution in [1.29, 1.82) is 0 Å². The summed E-state index contributed by atoms with van der Waals surface area (Å²) in [5.41, 5.74) is -0.712. The Morgan fingerprint density at radius 3 is 2.50 bits per heavy atom. The number of pyridine rings is 1. The van der Waals surface area contributed by atoms with E-state index in [0.29, 0.717) is 0 Å². The van der Waals surface area contributed by atoms with Gasteiger partial charge in [-0.3, -0.25) is 9.59 Å². The summed E-state index contributed by atoms with van der Waals surface area (Å²) in [5.74, 6) is -1.73. The lowest BCUT2D eigenvalue weighted by atomic mass is 10.1. The van der Waals surface area contributed by atoms with E-state index in [-0.39, 0.29) is 22.4 Å². The largest absolute Gasteiger partial charge is 0.506 e. The van der Waals surface area contributed by atoms with E-state index < -0.39 is 32.6 Å². The Balaban J connectivity index is 2.27. The number of carbonyl (C=O) groups is 1. The van der Waals surface area contributed by atoms with Crippen LogP contribution in [0.3, 0.4) is 0 Å². The fourth-order valence-corrected chi connectivity index (χ4v) is 3.32. The van der Waals surface area contributed by atoms with Crippen molar-refractivity contribution in [3.05, 3.63) is 70.0 Å². The Bertz CT molecular complexity index is 1250. The fraction of sp³-hybridized carbons (Fsp3) is 0.105. The SMILES string of the molecule is C=NC(=O)c1c(O)c2cc(S(C)(=O)=O)ccc2n(OCc2ccccc2)c1=O. The summed E-state index contributed by atoms with van der Waals surface area (Å²) in [6.45, 7) is 3.09. The Morgan fingerprint density at radius 1 is 1.21 bits per heavy atom. The lowest BCUT2D eigenvalue weighted by Crippen LogP contribution is -2.31. The van der Waals surface area contributed by atoms with Crippen LogP contribution in [-0.2, 0) is 16.4 Å². The number of amides is 1. The number of hydrogen-bond acceptors (Lipinski definition) is 6. The molecule has 8 nitrogen and oxygen atoms in total. The minimum absolute atomic E-state index is 0.00357. The smallest absolute Gasteiger partial charge is 0.300 e. The number of benzene rings is 2. The van der Waals surface area contributed by atoms with Gasteiger partial charge >= 0.3 is 0 Å². The van der Waals surface area contributed by atoms with E-state index in [0.717, 1.165) is 16.5 Å². The maximum atomic E-state index is 12.8. The molecule has 0 spiro atoms. The van der Waals surface area contributed by atoms with Crippen LogP contribution in [-0.4, -0.2) is 37.1 Å². The van der Waals surface area contributed by atoms with Crippen LogP contribution in [0.4, 0.5) is 0 Å². The molecule has 0 radical (unpaired) electrons. The number of aromatic nitrogens is 1. The molecule has 1 aromatic heterocycles. The molecule has 0 unspecified atom stereocenters. The summed E-state index contributed by atoms with van der Waals surface area (Å²) >= 11 is 0. The quantitative estimate of drug-likeness (QED) is 0.650. The lowest BCUT2D eigenvalue weighted by molar-refractivity contribution is 0.0928. The number of aromatic hydroxyl groups is 1. The van der Waals surface area contributed by atoms with Crippen LogP contribution in [0.15, 0.2) is 63.2 Å². The summed E-state index contributed by atoms with van der Waals surface area (Å²) in [6.07, 6.45) is 1.00. The average molecular weight is 400 g/mol. The van der Waals surface area contributed by atoms with Crippen molar-refractivity contribution < 1.29 is 23.2 Å². The molecule has 0 fully saturated rings. The van der Waals surface area contributed by atoms with E-state index in [2.05, 4.69) is 11.7 Å². The van der Waals surface area contributed by atoms with Gasteiger partial charge in [-0.15, -0.1) is 4.73 Å². The van der Waals surface area contributed by atoms with Gasteiger partial charge in [0.05, 0.1) is 10.4 Å². The molecule has 0 saturated carbocycles. The Hall–Kier alpha value is -3.46.